The zero-order valence-electron chi connectivity index (χ0n) is 17.1. The topological polar surface area (TPSA) is 43.9 Å². The Morgan fingerprint density at radius 3 is 2.04 bits per heavy atom. The molecule has 148 valence electrons. The van der Waals surface area contributed by atoms with Crippen molar-refractivity contribution in [1.82, 2.24) is 9.80 Å². The van der Waals surface area contributed by atoms with Crippen molar-refractivity contribution in [3.63, 3.8) is 0 Å². The van der Waals surface area contributed by atoms with Crippen LogP contribution in [0.2, 0.25) is 0 Å². The second-order valence-corrected chi connectivity index (χ2v) is 8.18. The lowest BCUT2D eigenvalue weighted by Crippen LogP contribution is -2.58. The molecule has 2 saturated heterocycles. The molecule has 27 heavy (non-hydrogen) atoms. The molecule has 0 aromatic heterocycles. The van der Waals surface area contributed by atoms with E-state index in [1.54, 1.807) is 6.92 Å². The Kier molecular flexibility index (Phi) is 6.20. The third kappa shape index (κ3) is 4.34. The molecular formula is C22H33N3O2. The van der Waals surface area contributed by atoms with Gasteiger partial charge in [0.2, 0.25) is 5.91 Å². The van der Waals surface area contributed by atoms with E-state index in [0.29, 0.717) is 12.1 Å². The number of nitrogens with zero attached hydrogens (tertiary/aromatic N) is 3. The highest BCUT2D eigenvalue weighted by molar-refractivity contribution is 5.94. The number of likely N-dealkylation sites (tertiary alicyclic amines) is 1. The van der Waals surface area contributed by atoms with Gasteiger partial charge < -0.3 is 9.80 Å². The maximum absolute atomic E-state index is 13.1. The van der Waals surface area contributed by atoms with Crippen LogP contribution >= 0.6 is 0 Å². The Morgan fingerprint density at radius 2 is 1.52 bits per heavy atom. The monoisotopic (exact) mass is 371 g/mol. The van der Waals surface area contributed by atoms with Crippen LogP contribution in [0.3, 0.4) is 0 Å². The van der Waals surface area contributed by atoms with Gasteiger partial charge in [-0.2, -0.15) is 0 Å². The van der Waals surface area contributed by atoms with E-state index in [2.05, 4.69) is 35.5 Å². The van der Waals surface area contributed by atoms with Crippen LogP contribution in [0.15, 0.2) is 24.3 Å². The summed E-state index contributed by atoms with van der Waals surface area (Å²) in [7, 11) is 0. The quantitative estimate of drug-likeness (QED) is 0.763. The fourth-order valence-corrected chi connectivity index (χ4v) is 4.50. The molecule has 0 aliphatic carbocycles. The van der Waals surface area contributed by atoms with Gasteiger partial charge in [-0.3, -0.25) is 14.5 Å². The molecule has 3 rings (SSSR count). The second-order valence-electron chi connectivity index (χ2n) is 8.18. The zero-order valence-corrected chi connectivity index (χ0v) is 17.1. The number of ketones is 1. The van der Waals surface area contributed by atoms with E-state index in [4.69, 9.17) is 0 Å². The molecule has 2 aliphatic rings. The third-order valence-corrected chi connectivity index (χ3v) is 6.31. The van der Waals surface area contributed by atoms with Gasteiger partial charge in [0.15, 0.2) is 5.78 Å². The van der Waals surface area contributed by atoms with Gasteiger partial charge >= 0.3 is 0 Å². The van der Waals surface area contributed by atoms with Crippen molar-refractivity contribution >= 4 is 17.4 Å². The van der Waals surface area contributed by atoms with E-state index in [0.717, 1.165) is 50.3 Å². The standard InChI is InChI=1S/C22H33N3O2/c1-16-6-5-7-17(2)25(16)22(27)18(3)23-12-14-24(15-13-23)21-10-8-20(9-11-21)19(4)26/h8-11,16-18H,5-7,12-15H2,1-4H3/t16-,17-,18+/m0/s1. The smallest absolute Gasteiger partial charge is 0.240 e. The molecule has 1 aromatic rings. The molecule has 1 amide bonds. The fraction of sp³-hybridized carbons (Fsp3) is 0.636. The number of hydrogen-bond donors (Lipinski definition) is 0. The minimum atomic E-state index is -0.0600. The van der Waals surface area contributed by atoms with E-state index >= 15 is 0 Å². The largest absolute Gasteiger partial charge is 0.369 e. The summed E-state index contributed by atoms with van der Waals surface area (Å²) in [5.41, 5.74) is 1.90. The molecule has 2 heterocycles. The first-order chi connectivity index (χ1) is 12.9. The van der Waals surface area contributed by atoms with Gasteiger partial charge in [-0.1, -0.05) is 0 Å². The molecule has 5 heteroatoms. The van der Waals surface area contributed by atoms with Crippen LogP contribution in [-0.2, 0) is 4.79 Å². The Hall–Kier alpha value is -1.88. The summed E-state index contributed by atoms with van der Waals surface area (Å²) in [6.07, 6.45) is 3.46. The van der Waals surface area contributed by atoms with Crippen LogP contribution in [0.25, 0.3) is 0 Å². The Bertz CT molecular complexity index is 655. The van der Waals surface area contributed by atoms with Crippen molar-refractivity contribution in [3.05, 3.63) is 29.8 Å². The first-order valence-corrected chi connectivity index (χ1v) is 10.3. The number of carbonyl (C=O) groups is 2. The number of Topliss-reactive ketones (excluding diaryl/α,β-unsaturated/α-hetero) is 1. The maximum atomic E-state index is 13.1. The number of piperazine rings is 1. The lowest BCUT2D eigenvalue weighted by Gasteiger charge is -2.44. The van der Waals surface area contributed by atoms with Crippen LogP contribution in [-0.4, -0.2) is 65.8 Å². The maximum Gasteiger partial charge on any atom is 0.240 e. The normalized spacial score (nSPS) is 25.3. The number of rotatable bonds is 4. The highest BCUT2D eigenvalue weighted by Gasteiger charge is 2.34. The summed E-state index contributed by atoms with van der Waals surface area (Å²) >= 11 is 0. The molecule has 2 fully saturated rings. The molecule has 0 unspecified atom stereocenters. The summed E-state index contributed by atoms with van der Waals surface area (Å²) in [5, 5.41) is 0. The van der Waals surface area contributed by atoms with E-state index in [-0.39, 0.29) is 17.7 Å². The van der Waals surface area contributed by atoms with Crippen molar-refractivity contribution in [1.29, 1.82) is 0 Å². The fourth-order valence-electron chi connectivity index (χ4n) is 4.50. The molecule has 5 nitrogen and oxygen atoms in total. The molecule has 1 aromatic carbocycles. The van der Waals surface area contributed by atoms with Crippen LogP contribution in [0, 0.1) is 0 Å². The number of carbonyl (C=O) groups excluding carboxylic acids is 2. The minimum Gasteiger partial charge on any atom is -0.369 e. The summed E-state index contributed by atoms with van der Waals surface area (Å²) < 4.78 is 0. The van der Waals surface area contributed by atoms with Crippen molar-refractivity contribution in [2.75, 3.05) is 31.1 Å². The molecule has 3 atom stereocenters. The highest BCUT2D eigenvalue weighted by atomic mass is 16.2. The second kappa shape index (κ2) is 8.42. The number of hydrogen-bond acceptors (Lipinski definition) is 4. The molecule has 0 radical (unpaired) electrons. The van der Waals surface area contributed by atoms with E-state index < -0.39 is 0 Å². The number of anilines is 1. The Balaban J connectivity index is 1.58. The van der Waals surface area contributed by atoms with Gasteiger partial charge in [0.05, 0.1) is 6.04 Å². The predicted octanol–water partition coefficient (Wildman–Crippen LogP) is 3.19. The molecule has 0 N–H and O–H groups in total. The first kappa shape index (κ1) is 19.9. The van der Waals surface area contributed by atoms with Gasteiger partial charge in [0.1, 0.15) is 0 Å². The van der Waals surface area contributed by atoms with Crippen molar-refractivity contribution in [3.8, 4) is 0 Å². The van der Waals surface area contributed by atoms with E-state index in [1.165, 1.54) is 6.42 Å². The van der Waals surface area contributed by atoms with Crippen molar-refractivity contribution in [2.24, 2.45) is 0 Å². The summed E-state index contributed by atoms with van der Waals surface area (Å²) in [5.74, 6) is 0.383. The lowest BCUT2D eigenvalue weighted by atomic mass is 9.96. The van der Waals surface area contributed by atoms with Crippen LogP contribution in [0.4, 0.5) is 5.69 Å². The van der Waals surface area contributed by atoms with E-state index in [9.17, 15) is 9.59 Å². The number of piperidine rings is 1. The van der Waals surface area contributed by atoms with Gasteiger partial charge in [-0.25, -0.2) is 0 Å². The summed E-state index contributed by atoms with van der Waals surface area (Å²) in [6, 6.07) is 8.49. The van der Waals surface area contributed by atoms with Gasteiger partial charge in [0.25, 0.3) is 0 Å². The van der Waals surface area contributed by atoms with Crippen LogP contribution < -0.4 is 4.90 Å². The number of amides is 1. The third-order valence-electron chi connectivity index (χ3n) is 6.31. The summed E-state index contributed by atoms with van der Waals surface area (Å²) in [4.78, 5) is 31.3. The van der Waals surface area contributed by atoms with Gasteiger partial charge in [-0.05, 0) is 71.2 Å². The van der Waals surface area contributed by atoms with Gasteiger partial charge in [0, 0.05) is 49.5 Å². The molecule has 2 aliphatic heterocycles. The molecular weight excluding hydrogens is 338 g/mol. The Morgan fingerprint density at radius 1 is 0.963 bits per heavy atom. The van der Waals surface area contributed by atoms with Crippen LogP contribution in [0.1, 0.15) is 57.3 Å². The van der Waals surface area contributed by atoms with Crippen molar-refractivity contribution in [2.45, 2.75) is 65.1 Å². The minimum absolute atomic E-state index is 0.0600. The zero-order chi connectivity index (χ0) is 19.6. The lowest BCUT2D eigenvalue weighted by molar-refractivity contribution is -0.142. The van der Waals surface area contributed by atoms with E-state index in [1.807, 2.05) is 24.3 Å². The molecule has 0 saturated carbocycles. The average molecular weight is 372 g/mol. The van der Waals surface area contributed by atoms with Crippen molar-refractivity contribution < 1.29 is 9.59 Å². The average Bonchev–Trinajstić information content (AvgIpc) is 2.67. The Labute approximate surface area is 163 Å². The predicted molar refractivity (Wildman–Crippen MR) is 109 cm³/mol. The summed E-state index contributed by atoms with van der Waals surface area (Å²) in [6.45, 7) is 11.6. The SMILES string of the molecule is CC(=O)c1ccc(N2CCN([C@H](C)C(=O)N3[C@@H](C)CCC[C@@H]3C)CC2)cc1. The van der Waals surface area contributed by atoms with Gasteiger partial charge in [-0.15, -0.1) is 0 Å². The molecule has 0 bridgehead atoms. The highest BCUT2D eigenvalue weighted by Crippen LogP contribution is 2.25. The van der Waals surface area contributed by atoms with Crippen LogP contribution in [0.5, 0.6) is 0 Å². The number of benzene rings is 1. The first-order valence-electron chi connectivity index (χ1n) is 10.3. The molecule has 0 spiro atoms.